The van der Waals surface area contributed by atoms with Crippen molar-refractivity contribution in [2.45, 2.75) is 63.8 Å². The highest BCUT2D eigenvalue weighted by Gasteiger charge is 2.41. The third-order valence-corrected chi connectivity index (χ3v) is 6.47. The van der Waals surface area contributed by atoms with Gasteiger partial charge in [0.2, 0.25) is 0 Å². The Labute approximate surface area is 198 Å². The molecule has 1 spiro atoms. The Morgan fingerprint density at radius 1 is 1.21 bits per heavy atom. The summed E-state index contributed by atoms with van der Waals surface area (Å²) in [5, 5.41) is 10.3. The summed E-state index contributed by atoms with van der Waals surface area (Å²) in [6.45, 7) is 6.86. The average Bonchev–Trinajstić information content (AvgIpc) is 3.51. The molecule has 3 aromatic heterocycles. The molecule has 1 aliphatic carbocycles. The van der Waals surface area contributed by atoms with E-state index in [0.29, 0.717) is 19.0 Å². The molecule has 2 fully saturated rings. The Balaban J connectivity index is 1.52. The van der Waals surface area contributed by atoms with E-state index in [4.69, 9.17) is 19.3 Å². The van der Waals surface area contributed by atoms with Crippen LogP contribution in [0.2, 0.25) is 0 Å². The van der Waals surface area contributed by atoms with Gasteiger partial charge in [-0.3, -0.25) is 9.58 Å². The molecule has 2 aliphatic rings. The van der Waals surface area contributed by atoms with E-state index in [1.807, 2.05) is 44.8 Å². The fourth-order valence-electron chi connectivity index (χ4n) is 4.77. The van der Waals surface area contributed by atoms with Crippen molar-refractivity contribution >= 4 is 22.8 Å². The molecular formula is C24H32N6O4. The number of ether oxygens (including phenoxy) is 3. The van der Waals surface area contributed by atoms with Crippen LogP contribution >= 0.6 is 0 Å². The first-order chi connectivity index (χ1) is 16.1. The zero-order valence-corrected chi connectivity index (χ0v) is 20.4. The van der Waals surface area contributed by atoms with Crippen molar-refractivity contribution in [1.29, 1.82) is 0 Å². The van der Waals surface area contributed by atoms with Gasteiger partial charge in [-0.1, -0.05) is 0 Å². The number of hydrogen-bond acceptors (Lipinski definition) is 7. The van der Waals surface area contributed by atoms with Gasteiger partial charge in [-0.25, -0.2) is 14.5 Å². The number of pyridine rings is 1. The van der Waals surface area contributed by atoms with E-state index in [1.54, 1.807) is 24.1 Å². The van der Waals surface area contributed by atoms with Crippen LogP contribution in [0.1, 0.15) is 58.1 Å². The van der Waals surface area contributed by atoms with E-state index in [1.165, 1.54) is 4.90 Å². The molecule has 182 valence electrons. The molecule has 10 heteroatoms. The van der Waals surface area contributed by atoms with Crippen molar-refractivity contribution in [2.24, 2.45) is 7.05 Å². The fourth-order valence-corrected chi connectivity index (χ4v) is 4.77. The van der Waals surface area contributed by atoms with Crippen LogP contribution in [0.4, 0.5) is 10.6 Å². The first-order valence-corrected chi connectivity index (χ1v) is 11.8. The first-order valence-electron chi connectivity index (χ1n) is 11.8. The minimum absolute atomic E-state index is 0.251. The first kappa shape index (κ1) is 22.8. The predicted octanol–water partition coefficient (Wildman–Crippen LogP) is 3.93. The molecule has 5 rings (SSSR count). The normalized spacial score (nSPS) is 18.6. The number of hydrogen-bond donors (Lipinski definition) is 0. The highest BCUT2D eigenvalue weighted by Crippen LogP contribution is 2.44. The van der Waals surface area contributed by atoms with E-state index in [2.05, 4.69) is 10.1 Å². The smallest absolute Gasteiger partial charge is 0.415 e. The third-order valence-electron chi connectivity index (χ3n) is 6.47. The summed E-state index contributed by atoms with van der Waals surface area (Å²) in [6, 6.07) is 1.93. The summed E-state index contributed by atoms with van der Waals surface area (Å²) >= 11 is 0. The molecule has 1 aliphatic heterocycles. The van der Waals surface area contributed by atoms with Gasteiger partial charge in [0.05, 0.1) is 43.0 Å². The number of fused-ring (bicyclic) bond motifs is 1. The molecule has 34 heavy (non-hydrogen) atoms. The van der Waals surface area contributed by atoms with Crippen molar-refractivity contribution in [3.8, 4) is 5.69 Å². The maximum Gasteiger partial charge on any atom is 0.415 e. The fraction of sp³-hybridized carbons (Fsp3) is 0.583. The molecule has 1 saturated carbocycles. The van der Waals surface area contributed by atoms with Gasteiger partial charge in [0, 0.05) is 38.2 Å². The van der Waals surface area contributed by atoms with Gasteiger partial charge in [0.15, 0.2) is 5.79 Å². The molecule has 3 aromatic rings. The molecule has 10 nitrogen and oxygen atoms in total. The molecule has 1 amide bonds. The Hall–Kier alpha value is -2.98. The summed E-state index contributed by atoms with van der Waals surface area (Å²) in [6.07, 6.45) is 8.54. The van der Waals surface area contributed by atoms with Gasteiger partial charge in [-0.15, -0.1) is 0 Å². The van der Waals surface area contributed by atoms with Crippen molar-refractivity contribution < 1.29 is 19.0 Å². The Kier molecular flexibility index (Phi) is 5.60. The van der Waals surface area contributed by atoms with Crippen LogP contribution < -0.4 is 4.90 Å². The summed E-state index contributed by atoms with van der Waals surface area (Å²) < 4.78 is 21.0. The highest BCUT2D eigenvalue weighted by atomic mass is 16.7. The lowest BCUT2D eigenvalue weighted by atomic mass is 9.82. The number of nitrogens with zero attached hydrogens (tertiary/aromatic N) is 6. The van der Waals surface area contributed by atoms with Gasteiger partial charge in [0.1, 0.15) is 17.1 Å². The molecule has 0 atom stereocenters. The quantitative estimate of drug-likeness (QED) is 0.575. The van der Waals surface area contributed by atoms with Gasteiger partial charge >= 0.3 is 6.09 Å². The number of carbonyl (C=O) groups is 1. The topological polar surface area (TPSA) is 96.5 Å². The summed E-state index contributed by atoms with van der Waals surface area (Å²) in [5.41, 5.74) is 2.14. The molecule has 0 radical (unpaired) electrons. The molecule has 0 bridgehead atoms. The molecule has 0 N–H and O–H groups in total. The number of rotatable bonds is 3. The lowest BCUT2D eigenvalue weighted by Gasteiger charge is -2.34. The van der Waals surface area contributed by atoms with Crippen molar-refractivity contribution in [3.05, 3.63) is 30.4 Å². The Bertz CT molecular complexity index is 1190. The number of aromatic nitrogens is 5. The second-order valence-corrected chi connectivity index (χ2v) is 10.2. The van der Waals surface area contributed by atoms with Crippen LogP contribution in [-0.4, -0.2) is 62.3 Å². The van der Waals surface area contributed by atoms with E-state index in [0.717, 1.165) is 48.0 Å². The van der Waals surface area contributed by atoms with Crippen LogP contribution in [0.15, 0.2) is 24.7 Å². The third kappa shape index (κ3) is 4.27. The van der Waals surface area contributed by atoms with Crippen LogP contribution in [0, 0.1) is 0 Å². The summed E-state index contributed by atoms with van der Waals surface area (Å²) in [5.74, 6) is 0.339. The second kappa shape index (κ2) is 8.35. The average molecular weight is 469 g/mol. The maximum atomic E-state index is 12.7. The van der Waals surface area contributed by atoms with Gasteiger partial charge in [-0.05, 0) is 39.7 Å². The van der Waals surface area contributed by atoms with Crippen LogP contribution in [0.3, 0.4) is 0 Å². The number of amides is 1. The standard InChI is InChI=1S/C24H32N6O4/c1-23(2,3)34-22(31)29(5)20-12-18-19(14-25-20)30(17-13-26-28(4)15-17)27-21(18)16-6-8-24(9-7-16)32-10-11-33-24/h12-16H,6-11H2,1-5H3. The van der Waals surface area contributed by atoms with Gasteiger partial charge < -0.3 is 14.2 Å². The zero-order chi connectivity index (χ0) is 24.1. The Morgan fingerprint density at radius 2 is 1.91 bits per heavy atom. The van der Waals surface area contributed by atoms with Crippen LogP contribution in [0.25, 0.3) is 16.6 Å². The maximum absolute atomic E-state index is 12.7. The molecule has 0 unspecified atom stereocenters. The summed E-state index contributed by atoms with van der Waals surface area (Å²) in [4.78, 5) is 18.7. The SMILES string of the molecule is CN(C(=O)OC(C)(C)C)c1cc2c(C3CCC4(CC3)OCCO4)nn(-c3cnn(C)c3)c2cn1. The number of aryl methyl sites for hydroxylation is 1. The molecule has 0 aromatic carbocycles. The second-order valence-electron chi connectivity index (χ2n) is 10.2. The zero-order valence-electron chi connectivity index (χ0n) is 20.4. The number of anilines is 1. The highest BCUT2D eigenvalue weighted by molar-refractivity contribution is 5.91. The van der Waals surface area contributed by atoms with Crippen molar-refractivity contribution in [1.82, 2.24) is 24.5 Å². The summed E-state index contributed by atoms with van der Waals surface area (Å²) in [7, 11) is 3.55. The van der Waals surface area contributed by atoms with E-state index in [9.17, 15) is 4.79 Å². The van der Waals surface area contributed by atoms with E-state index >= 15 is 0 Å². The Morgan fingerprint density at radius 3 is 2.53 bits per heavy atom. The lowest BCUT2D eigenvalue weighted by Crippen LogP contribution is -2.35. The predicted molar refractivity (Wildman–Crippen MR) is 126 cm³/mol. The lowest BCUT2D eigenvalue weighted by molar-refractivity contribution is -0.178. The van der Waals surface area contributed by atoms with Crippen LogP contribution in [-0.2, 0) is 21.3 Å². The molecular weight excluding hydrogens is 436 g/mol. The van der Waals surface area contributed by atoms with E-state index in [-0.39, 0.29) is 5.92 Å². The molecule has 1 saturated heterocycles. The molecule has 4 heterocycles. The number of carbonyl (C=O) groups excluding carboxylic acids is 1. The van der Waals surface area contributed by atoms with Gasteiger partial charge in [0.25, 0.3) is 0 Å². The van der Waals surface area contributed by atoms with Crippen molar-refractivity contribution in [2.75, 3.05) is 25.2 Å². The minimum Gasteiger partial charge on any atom is -0.443 e. The minimum atomic E-state index is -0.589. The van der Waals surface area contributed by atoms with Crippen molar-refractivity contribution in [3.63, 3.8) is 0 Å². The monoisotopic (exact) mass is 468 g/mol. The van der Waals surface area contributed by atoms with Gasteiger partial charge in [-0.2, -0.15) is 10.2 Å². The largest absolute Gasteiger partial charge is 0.443 e. The van der Waals surface area contributed by atoms with E-state index < -0.39 is 17.5 Å². The van der Waals surface area contributed by atoms with Crippen LogP contribution in [0.5, 0.6) is 0 Å².